The fourth-order valence-corrected chi connectivity index (χ4v) is 15.0. The van der Waals surface area contributed by atoms with Gasteiger partial charge in [-0.2, -0.15) is 0 Å². The SMILES string of the molecule is C1=C(N(c2ccc(C3CCCCC3)cc2)c2cccc3c2oc2ccccc23)c2ccccc2C2c3c(cc(N(c4ccc(C5CCCCC5)cc4)c4cccc5c4oc4ccccc45)c4ccccc34)SC12. The molecule has 4 aliphatic rings. The molecule has 9 aromatic carbocycles. The molecule has 0 radical (unpaired) electrons. The number of fused-ring (bicyclic) bond motifs is 13. The lowest BCUT2D eigenvalue weighted by Crippen LogP contribution is -2.24. The van der Waals surface area contributed by atoms with Gasteiger partial charge >= 0.3 is 0 Å². The molecule has 11 aromatic rings. The summed E-state index contributed by atoms with van der Waals surface area (Å²) in [5.41, 5.74) is 17.3. The Morgan fingerprint density at radius 3 is 1.51 bits per heavy atom. The molecule has 2 atom stereocenters. The fraction of sp³-hybridized carbons (Fsp3) is 0.206. The fourth-order valence-electron chi connectivity index (χ4n) is 13.5. The monoisotopic (exact) mass is 964 g/mol. The van der Waals surface area contributed by atoms with Gasteiger partial charge in [0.15, 0.2) is 11.2 Å². The predicted molar refractivity (Wildman–Crippen MR) is 306 cm³/mol. The first-order chi connectivity index (χ1) is 36.2. The molecule has 4 nitrogen and oxygen atoms in total. The summed E-state index contributed by atoms with van der Waals surface area (Å²) in [6.45, 7) is 0. The Labute approximate surface area is 430 Å². The minimum absolute atomic E-state index is 0.138. The van der Waals surface area contributed by atoms with E-state index in [1.54, 1.807) is 0 Å². The van der Waals surface area contributed by atoms with E-state index in [2.05, 4.69) is 204 Å². The summed E-state index contributed by atoms with van der Waals surface area (Å²) in [5.74, 6) is 1.40. The Morgan fingerprint density at radius 2 is 0.904 bits per heavy atom. The third-order valence-electron chi connectivity index (χ3n) is 17.0. The summed E-state index contributed by atoms with van der Waals surface area (Å²) in [6, 6.07) is 70.2. The van der Waals surface area contributed by atoms with Crippen LogP contribution in [0.1, 0.15) is 110 Å². The van der Waals surface area contributed by atoms with Crippen molar-refractivity contribution in [3.05, 3.63) is 222 Å². The van der Waals surface area contributed by atoms with Gasteiger partial charge < -0.3 is 18.6 Å². The van der Waals surface area contributed by atoms with Crippen molar-refractivity contribution in [1.29, 1.82) is 0 Å². The average Bonchev–Trinajstić information content (AvgIpc) is 4.17. The van der Waals surface area contributed by atoms with Gasteiger partial charge in [0.05, 0.1) is 22.8 Å². The second-order valence-electron chi connectivity index (χ2n) is 21.1. The van der Waals surface area contributed by atoms with Gasteiger partial charge in [-0.05, 0) is 126 Å². The smallest absolute Gasteiger partial charge is 0.159 e. The van der Waals surface area contributed by atoms with E-state index in [4.69, 9.17) is 8.83 Å². The van der Waals surface area contributed by atoms with E-state index in [9.17, 15) is 0 Å². The van der Waals surface area contributed by atoms with Crippen LogP contribution in [0.2, 0.25) is 0 Å². The van der Waals surface area contributed by atoms with E-state index in [-0.39, 0.29) is 11.2 Å². The van der Waals surface area contributed by atoms with E-state index in [1.807, 2.05) is 11.8 Å². The number of furan rings is 2. The maximum atomic E-state index is 6.87. The quantitative estimate of drug-likeness (QED) is 0.152. The van der Waals surface area contributed by atoms with Gasteiger partial charge in [-0.3, -0.25) is 0 Å². The van der Waals surface area contributed by atoms with Crippen molar-refractivity contribution in [2.24, 2.45) is 0 Å². The molecule has 2 fully saturated rings. The van der Waals surface area contributed by atoms with Crippen LogP contribution in [0.4, 0.5) is 28.4 Å². The van der Waals surface area contributed by atoms with Gasteiger partial charge in [0.2, 0.25) is 0 Å². The minimum Gasteiger partial charge on any atom is -0.454 e. The number of rotatable bonds is 8. The molecule has 2 unspecified atom stereocenters. The Kier molecular flexibility index (Phi) is 10.4. The van der Waals surface area contributed by atoms with E-state index >= 15 is 0 Å². The zero-order chi connectivity index (χ0) is 48.0. The standard InChI is InChI=1S/C68H56N2O2S/c1-3-17-43(18-4-1)45-33-37-47(38-34-45)69(57-29-15-27-55-51-23-11-13-31-61(51)71-67(55)57)59-41-63-65(53-25-9-7-21-49(53)59)66-54-26-10-8-22-50(54)60(42-64(66)73-63)70(48-39-35-46(36-40-48)44-19-5-2-6-20-44)58-30-16-28-56-52-24-12-14-32-62(52)72-68(56)58/h7-16,21-44,63,65H,1-6,17-20H2. The van der Waals surface area contributed by atoms with Gasteiger partial charge in [-0.1, -0.05) is 172 Å². The first-order valence-electron chi connectivity index (χ1n) is 26.9. The third kappa shape index (κ3) is 7.10. The van der Waals surface area contributed by atoms with Crippen molar-refractivity contribution in [3.8, 4) is 0 Å². The molecule has 0 N–H and O–H groups in total. The van der Waals surface area contributed by atoms with Crippen LogP contribution in [-0.2, 0) is 0 Å². The van der Waals surface area contributed by atoms with Crippen LogP contribution in [-0.4, -0.2) is 5.25 Å². The zero-order valence-corrected chi connectivity index (χ0v) is 41.8. The second kappa shape index (κ2) is 17.6. The normalized spacial score (nSPS) is 18.1. The van der Waals surface area contributed by atoms with E-state index in [0.717, 1.165) is 72.3 Å². The van der Waals surface area contributed by atoms with E-state index < -0.39 is 0 Å². The van der Waals surface area contributed by atoms with Gasteiger partial charge in [0.1, 0.15) is 11.2 Å². The number of thioether (sulfide) groups is 1. The van der Waals surface area contributed by atoms with Gasteiger partial charge in [-0.15, -0.1) is 11.8 Å². The summed E-state index contributed by atoms with van der Waals surface area (Å²) in [7, 11) is 0. The van der Waals surface area contributed by atoms with Crippen LogP contribution in [0.25, 0.3) is 60.3 Å². The molecule has 0 saturated heterocycles. The lowest BCUT2D eigenvalue weighted by Gasteiger charge is -2.35. The number of benzene rings is 9. The van der Waals surface area contributed by atoms with Crippen molar-refractivity contribution in [2.75, 3.05) is 9.80 Å². The van der Waals surface area contributed by atoms with Crippen molar-refractivity contribution in [1.82, 2.24) is 0 Å². The number of para-hydroxylation sites is 4. The molecule has 2 aromatic heterocycles. The lowest BCUT2D eigenvalue weighted by molar-refractivity contribution is 0.443. The van der Waals surface area contributed by atoms with Crippen molar-refractivity contribution in [2.45, 2.75) is 92.1 Å². The van der Waals surface area contributed by atoms with Gasteiger partial charge in [-0.25, -0.2) is 0 Å². The summed E-state index contributed by atoms with van der Waals surface area (Å²) in [5, 5.41) is 7.20. The van der Waals surface area contributed by atoms with E-state index in [0.29, 0.717) is 11.8 Å². The number of hydrogen-bond donors (Lipinski definition) is 0. The Balaban J connectivity index is 0.910. The Hall–Kier alpha value is -7.47. The maximum Gasteiger partial charge on any atom is 0.159 e. The highest BCUT2D eigenvalue weighted by Gasteiger charge is 2.42. The largest absolute Gasteiger partial charge is 0.454 e. The number of anilines is 5. The Bertz CT molecular complexity index is 3940. The number of nitrogens with zero attached hydrogens (tertiary/aromatic N) is 2. The molecule has 0 bridgehead atoms. The topological polar surface area (TPSA) is 32.8 Å². The second-order valence-corrected chi connectivity index (χ2v) is 22.3. The summed E-state index contributed by atoms with van der Waals surface area (Å²) >= 11 is 2.01. The van der Waals surface area contributed by atoms with Gasteiger partial charge in [0, 0.05) is 59.9 Å². The molecule has 3 aliphatic carbocycles. The van der Waals surface area contributed by atoms with Crippen LogP contribution in [0.3, 0.4) is 0 Å². The van der Waals surface area contributed by atoms with Crippen LogP contribution >= 0.6 is 11.8 Å². The van der Waals surface area contributed by atoms with Crippen molar-refractivity contribution < 1.29 is 8.83 Å². The van der Waals surface area contributed by atoms with E-state index in [1.165, 1.54) is 113 Å². The van der Waals surface area contributed by atoms with Crippen LogP contribution < -0.4 is 9.80 Å². The lowest BCUT2D eigenvalue weighted by atomic mass is 9.78. The molecule has 15 rings (SSSR count). The molecule has 2 saturated carbocycles. The minimum atomic E-state index is 0.138. The molecule has 5 heteroatoms. The summed E-state index contributed by atoms with van der Waals surface area (Å²) in [4.78, 5) is 6.31. The molecular formula is C68H56N2O2S. The van der Waals surface area contributed by atoms with Crippen molar-refractivity contribution >= 4 is 101 Å². The summed E-state index contributed by atoms with van der Waals surface area (Å²) in [6.07, 6.45) is 15.7. The third-order valence-corrected chi connectivity index (χ3v) is 18.3. The molecule has 73 heavy (non-hydrogen) atoms. The first-order valence-corrected chi connectivity index (χ1v) is 27.7. The number of hydrogen-bond acceptors (Lipinski definition) is 5. The average molecular weight is 965 g/mol. The maximum absolute atomic E-state index is 6.87. The molecule has 0 amide bonds. The summed E-state index contributed by atoms with van der Waals surface area (Å²) < 4.78 is 13.7. The molecule has 0 spiro atoms. The highest BCUT2D eigenvalue weighted by Crippen LogP contribution is 2.59. The molecular weight excluding hydrogens is 909 g/mol. The molecule has 356 valence electrons. The molecule has 3 heterocycles. The highest BCUT2D eigenvalue weighted by molar-refractivity contribution is 8.00. The van der Waals surface area contributed by atoms with Crippen molar-refractivity contribution in [3.63, 3.8) is 0 Å². The molecule has 1 aliphatic heterocycles. The Morgan fingerprint density at radius 1 is 0.411 bits per heavy atom. The van der Waals surface area contributed by atoms with Gasteiger partial charge in [0.25, 0.3) is 0 Å². The van der Waals surface area contributed by atoms with Crippen LogP contribution in [0, 0.1) is 0 Å². The first kappa shape index (κ1) is 43.1. The predicted octanol–water partition coefficient (Wildman–Crippen LogP) is 20.0. The zero-order valence-electron chi connectivity index (χ0n) is 41.0. The van der Waals surface area contributed by atoms with Crippen LogP contribution in [0.15, 0.2) is 208 Å². The van der Waals surface area contributed by atoms with Crippen LogP contribution in [0.5, 0.6) is 0 Å². The highest BCUT2D eigenvalue weighted by atomic mass is 32.2.